The van der Waals surface area contributed by atoms with Crippen molar-refractivity contribution in [3.05, 3.63) is 23.8 Å². The highest BCUT2D eigenvalue weighted by molar-refractivity contribution is 7.89. The molecular formula is C14H23NO4S. The summed E-state index contributed by atoms with van der Waals surface area (Å²) in [6.45, 7) is 7.72. The summed E-state index contributed by atoms with van der Waals surface area (Å²) in [5.41, 5.74) is 0.793. The van der Waals surface area contributed by atoms with Gasteiger partial charge in [-0.05, 0) is 51.5 Å². The number of hydrogen-bond donors (Lipinski definition) is 1. The Kier molecular flexibility index (Phi) is 5.98. The van der Waals surface area contributed by atoms with E-state index in [2.05, 4.69) is 4.72 Å². The predicted octanol–water partition coefficient (Wildman–Crippen LogP) is 2.10. The summed E-state index contributed by atoms with van der Waals surface area (Å²) in [5, 5.41) is 0. The largest absolute Gasteiger partial charge is 0.491 e. The molecule has 1 atom stereocenters. The van der Waals surface area contributed by atoms with Gasteiger partial charge in [-0.25, -0.2) is 13.1 Å². The van der Waals surface area contributed by atoms with E-state index in [0.717, 1.165) is 5.56 Å². The fourth-order valence-corrected chi connectivity index (χ4v) is 2.77. The Morgan fingerprint density at radius 1 is 1.25 bits per heavy atom. The van der Waals surface area contributed by atoms with Crippen LogP contribution >= 0.6 is 0 Å². The monoisotopic (exact) mass is 301 g/mol. The van der Waals surface area contributed by atoms with Crippen molar-refractivity contribution in [1.82, 2.24) is 4.72 Å². The summed E-state index contributed by atoms with van der Waals surface area (Å²) in [6, 6.07) is 4.84. The van der Waals surface area contributed by atoms with E-state index in [4.69, 9.17) is 9.47 Å². The molecule has 0 spiro atoms. The summed E-state index contributed by atoms with van der Waals surface area (Å²) in [6.07, 6.45) is -0.119. The molecule has 0 aliphatic carbocycles. The molecule has 0 aliphatic rings. The molecule has 1 N–H and O–H groups in total. The molecule has 0 saturated heterocycles. The van der Waals surface area contributed by atoms with Gasteiger partial charge < -0.3 is 9.47 Å². The summed E-state index contributed by atoms with van der Waals surface area (Å²) in [5.74, 6) is 0.698. The van der Waals surface area contributed by atoms with Gasteiger partial charge in [-0.2, -0.15) is 0 Å². The van der Waals surface area contributed by atoms with Crippen LogP contribution in [0.5, 0.6) is 5.75 Å². The average Bonchev–Trinajstić information content (AvgIpc) is 2.37. The lowest BCUT2D eigenvalue weighted by molar-refractivity contribution is 0.122. The first-order chi connectivity index (χ1) is 9.26. The highest BCUT2D eigenvalue weighted by atomic mass is 32.2. The minimum absolute atomic E-state index is 0.0526. The molecule has 0 saturated carbocycles. The molecule has 0 amide bonds. The van der Waals surface area contributed by atoms with Crippen LogP contribution in [0.3, 0.4) is 0 Å². The van der Waals surface area contributed by atoms with Gasteiger partial charge in [0.05, 0.1) is 17.1 Å². The van der Waals surface area contributed by atoms with Crippen molar-refractivity contribution in [2.75, 3.05) is 13.7 Å². The number of methoxy groups -OCH3 is 1. The van der Waals surface area contributed by atoms with E-state index in [1.165, 1.54) is 0 Å². The average molecular weight is 301 g/mol. The van der Waals surface area contributed by atoms with Crippen molar-refractivity contribution < 1.29 is 17.9 Å². The zero-order chi connectivity index (χ0) is 15.3. The maximum Gasteiger partial charge on any atom is 0.240 e. The molecule has 114 valence electrons. The molecule has 1 aromatic carbocycles. The Morgan fingerprint density at radius 2 is 1.90 bits per heavy atom. The number of benzene rings is 1. The van der Waals surface area contributed by atoms with Crippen LogP contribution in [0.2, 0.25) is 0 Å². The van der Waals surface area contributed by atoms with Gasteiger partial charge in [0.2, 0.25) is 10.0 Å². The van der Waals surface area contributed by atoms with E-state index in [1.54, 1.807) is 32.2 Å². The van der Waals surface area contributed by atoms with Crippen LogP contribution in [0.1, 0.15) is 26.3 Å². The zero-order valence-corrected chi connectivity index (χ0v) is 13.5. The Hall–Kier alpha value is -1.11. The topological polar surface area (TPSA) is 64.6 Å². The minimum atomic E-state index is -3.52. The van der Waals surface area contributed by atoms with Crippen LogP contribution in [0, 0.1) is 6.92 Å². The van der Waals surface area contributed by atoms with Crippen LogP contribution in [-0.4, -0.2) is 34.3 Å². The number of ether oxygens (including phenoxy) is 2. The summed E-state index contributed by atoms with van der Waals surface area (Å²) < 4.78 is 37.4. The van der Waals surface area contributed by atoms with Crippen LogP contribution < -0.4 is 9.46 Å². The quantitative estimate of drug-likeness (QED) is 0.837. The lowest BCUT2D eigenvalue weighted by Gasteiger charge is -2.15. The molecule has 20 heavy (non-hydrogen) atoms. The van der Waals surface area contributed by atoms with Crippen molar-refractivity contribution in [1.29, 1.82) is 0 Å². The Bertz CT molecular complexity index is 540. The Morgan fingerprint density at radius 3 is 2.40 bits per heavy atom. The molecule has 0 aliphatic heterocycles. The van der Waals surface area contributed by atoms with Gasteiger partial charge in [0.15, 0.2) is 0 Å². The van der Waals surface area contributed by atoms with Crippen molar-refractivity contribution >= 4 is 10.0 Å². The van der Waals surface area contributed by atoms with Gasteiger partial charge >= 0.3 is 0 Å². The van der Waals surface area contributed by atoms with Crippen LogP contribution in [0.15, 0.2) is 23.1 Å². The van der Waals surface area contributed by atoms with Crippen molar-refractivity contribution in [3.8, 4) is 5.75 Å². The molecule has 0 heterocycles. The number of aryl methyl sites for hydroxylation is 1. The van der Waals surface area contributed by atoms with Gasteiger partial charge in [-0.3, -0.25) is 0 Å². The lowest BCUT2D eigenvalue weighted by Crippen LogP contribution is -2.31. The van der Waals surface area contributed by atoms with Crippen molar-refractivity contribution in [3.63, 3.8) is 0 Å². The van der Waals surface area contributed by atoms with Gasteiger partial charge in [-0.15, -0.1) is 0 Å². The standard InChI is InChI=1S/C14H23NO4S/c1-10(2)19-14-7-6-13(8-11(14)3)20(16,17)15-9-12(4)18-5/h6-8,10,12,15H,9H2,1-5H3. The second-order valence-electron chi connectivity index (χ2n) is 4.99. The van der Waals surface area contributed by atoms with E-state index in [9.17, 15) is 8.42 Å². The minimum Gasteiger partial charge on any atom is -0.491 e. The summed E-state index contributed by atoms with van der Waals surface area (Å²) >= 11 is 0. The zero-order valence-electron chi connectivity index (χ0n) is 12.6. The number of rotatable bonds is 7. The van der Waals surface area contributed by atoms with Gasteiger partial charge in [0, 0.05) is 13.7 Å². The molecule has 5 nitrogen and oxygen atoms in total. The van der Waals surface area contributed by atoms with E-state index in [0.29, 0.717) is 5.75 Å². The van der Waals surface area contributed by atoms with E-state index in [-0.39, 0.29) is 23.6 Å². The smallest absolute Gasteiger partial charge is 0.240 e. The van der Waals surface area contributed by atoms with Gasteiger partial charge in [0.1, 0.15) is 5.75 Å². The van der Waals surface area contributed by atoms with Crippen molar-refractivity contribution in [2.24, 2.45) is 0 Å². The maximum atomic E-state index is 12.1. The normalized spacial score (nSPS) is 13.5. The highest BCUT2D eigenvalue weighted by Gasteiger charge is 2.16. The first-order valence-electron chi connectivity index (χ1n) is 6.56. The first kappa shape index (κ1) is 16.9. The summed E-state index contributed by atoms with van der Waals surface area (Å²) in [7, 11) is -1.98. The molecule has 6 heteroatoms. The third-order valence-electron chi connectivity index (χ3n) is 2.78. The molecule has 1 aromatic rings. The molecule has 0 bridgehead atoms. The van der Waals surface area contributed by atoms with Gasteiger partial charge in [-0.1, -0.05) is 0 Å². The molecule has 1 unspecified atom stereocenters. The SMILES string of the molecule is COC(C)CNS(=O)(=O)c1ccc(OC(C)C)c(C)c1. The molecule has 1 rings (SSSR count). The number of sulfonamides is 1. The second-order valence-corrected chi connectivity index (χ2v) is 6.76. The molecule has 0 radical (unpaired) electrons. The van der Waals surface area contributed by atoms with E-state index < -0.39 is 10.0 Å². The van der Waals surface area contributed by atoms with Crippen LogP contribution in [-0.2, 0) is 14.8 Å². The Balaban J connectivity index is 2.88. The Labute approximate surface area is 121 Å². The highest BCUT2D eigenvalue weighted by Crippen LogP contribution is 2.22. The van der Waals surface area contributed by atoms with Crippen LogP contribution in [0.4, 0.5) is 0 Å². The molecular weight excluding hydrogens is 278 g/mol. The molecule has 0 aromatic heterocycles. The first-order valence-corrected chi connectivity index (χ1v) is 8.04. The predicted molar refractivity (Wildman–Crippen MR) is 78.6 cm³/mol. The number of nitrogens with one attached hydrogen (secondary N) is 1. The fourth-order valence-electron chi connectivity index (χ4n) is 1.57. The fraction of sp³-hybridized carbons (Fsp3) is 0.571. The van der Waals surface area contributed by atoms with E-state index in [1.807, 2.05) is 20.8 Å². The van der Waals surface area contributed by atoms with E-state index >= 15 is 0 Å². The third-order valence-corrected chi connectivity index (χ3v) is 4.20. The maximum absolute atomic E-state index is 12.1. The number of hydrogen-bond acceptors (Lipinski definition) is 4. The second kappa shape index (κ2) is 7.06. The van der Waals surface area contributed by atoms with Gasteiger partial charge in [0.25, 0.3) is 0 Å². The third kappa shape index (κ3) is 4.77. The lowest BCUT2D eigenvalue weighted by atomic mass is 10.2. The van der Waals surface area contributed by atoms with Crippen molar-refractivity contribution in [2.45, 2.75) is 44.8 Å². The molecule has 0 fully saturated rings. The summed E-state index contributed by atoms with van der Waals surface area (Å²) in [4.78, 5) is 0.231. The van der Waals surface area contributed by atoms with Crippen LogP contribution in [0.25, 0.3) is 0 Å².